The first kappa shape index (κ1) is 31.1. The number of amides is 2. The summed E-state index contributed by atoms with van der Waals surface area (Å²) in [6.07, 6.45) is 0.533. The van der Waals surface area contributed by atoms with Crippen LogP contribution in [-0.4, -0.2) is 57.3 Å². The third kappa shape index (κ3) is 6.53. The fourth-order valence-electron chi connectivity index (χ4n) is 5.33. The first-order valence-electron chi connectivity index (χ1n) is 14.6. The topological polar surface area (TPSA) is 111 Å². The minimum atomic E-state index is -0.381. The first-order chi connectivity index (χ1) is 22.5. The van der Waals surface area contributed by atoms with Crippen LogP contribution in [0.5, 0.6) is 11.5 Å². The van der Waals surface area contributed by atoms with Gasteiger partial charge in [0.15, 0.2) is 22.5 Å². The molecule has 0 bridgehead atoms. The number of ether oxygens (including phenoxy) is 2. The summed E-state index contributed by atoms with van der Waals surface area (Å²) in [7, 11) is 3.19. The SMILES string of the molecule is COc1cccc([C@H]2CC(c3cccs3)=NN2C(=O)CSc2nnc(CNC(=O)c3ccccc3)n2-c2cccc(C)c2)c1OC. The van der Waals surface area contributed by atoms with Crippen molar-refractivity contribution in [1.29, 1.82) is 0 Å². The maximum absolute atomic E-state index is 14.0. The van der Waals surface area contributed by atoms with Gasteiger partial charge in [0.2, 0.25) is 0 Å². The molecular formula is C34H32N6O4S2. The molecule has 0 spiro atoms. The molecule has 234 valence electrons. The number of carbonyl (C=O) groups excluding carboxylic acids is 2. The van der Waals surface area contributed by atoms with Gasteiger partial charge in [-0.15, -0.1) is 21.5 Å². The lowest BCUT2D eigenvalue weighted by molar-refractivity contribution is -0.130. The van der Waals surface area contributed by atoms with Crippen LogP contribution in [0.3, 0.4) is 0 Å². The molecule has 1 N–H and O–H groups in total. The number of thiophene rings is 1. The molecular weight excluding hydrogens is 621 g/mol. The highest BCUT2D eigenvalue weighted by molar-refractivity contribution is 7.99. The van der Waals surface area contributed by atoms with Crippen molar-refractivity contribution < 1.29 is 19.1 Å². The summed E-state index contributed by atoms with van der Waals surface area (Å²) in [6.45, 7) is 2.16. The van der Waals surface area contributed by atoms with E-state index in [-0.39, 0.29) is 30.2 Å². The summed E-state index contributed by atoms with van der Waals surface area (Å²) in [6, 6.07) is 26.2. The number of methoxy groups -OCH3 is 2. The molecule has 10 nitrogen and oxygen atoms in total. The van der Waals surface area contributed by atoms with Crippen molar-refractivity contribution in [3.05, 3.63) is 118 Å². The van der Waals surface area contributed by atoms with Gasteiger partial charge in [-0.2, -0.15) is 5.10 Å². The third-order valence-electron chi connectivity index (χ3n) is 7.49. The van der Waals surface area contributed by atoms with Crippen LogP contribution < -0.4 is 14.8 Å². The number of aryl methyl sites for hydroxylation is 1. The van der Waals surface area contributed by atoms with E-state index in [4.69, 9.17) is 14.6 Å². The van der Waals surface area contributed by atoms with Gasteiger partial charge in [0.1, 0.15) is 0 Å². The fourth-order valence-corrected chi connectivity index (χ4v) is 6.87. The third-order valence-corrected chi connectivity index (χ3v) is 9.32. The van der Waals surface area contributed by atoms with Crippen LogP contribution in [0.4, 0.5) is 0 Å². The van der Waals surface area contributed by atoms with Crippen molar-refractivity contribution >= 4 is 40.6 Å². The molecule has 1 atom stereocenters. The van der Waals surface area contributed by atoms with Crippen molar-refractivity contribution in [3.63, 3.8) is 0 Å². The highest BCUT2D eigenvalue weighted by Gasteiger charge is 2.36. The van der Waals surface area contributed by atoms with E-state index < -0.39 is 0 Å². The van der Waals surface area contributed by atoms with Gasteiger partial charge in [0, 0.05) is 23.2 Å². The van der Waals surface area contributed by atoms with Gasteiger partial charge < -0.3 is 14.8 Å². The predicted molar refractivity (Wildman–Crippen MR) is 179 cm³/mol. The zero-order valence-corrected chi connectivity index (χ0v) is 27.2. The fraction of sp³-hybridized carbons (Fsp3) is 0.206. The van der Waals surface area contributed by atoms with Crippen molar-refractivity contribution in [2.45, 2.75) is 31.1 Å². The molecule has 1 aliphatic heterocycles. The van der Waals surface area contributed by atoms with Crippen LogP contribution >= 0.6 is 23.1 Å². The number of para-hydroxylation sites is 1. The Kier molecular flexibility index (Phi) is 9.46. The van der Waals surface area contributed by atoms with Crippen LogP contribution in [0.1, 0.15) is 44.6 Å². The summed E-state index contributed by atoms with van der Waals surface area (Å²) in [5.41, 5.74) is 4.10. The maximum Gasteiger partial charge on any atom is 0.253 e. The summed E-state index contributed by atoms with van der Waals surface area (Å²) >= 11 is 2.86. The second-order valence-corrected chi connectivity index (χ2v) is 12.4. The van der Waals surface area contributed by atoms with Crippen LogP contribution in [0.15, 0.2) is 101 Å². The van der Waals surface area contributed by atoms with E-state index in [2.05, 4.69) is 15.5 Å². The Balaban J connectivity index is 1.27. The average Bonchev–Trinajstić information content (AvgIpc) is 3.86. The number of hydrazone groups is 1. The Bertz CT molecular complexity index is 1870. The van der Waals surface area contributed by atoms with Gasteiger partial charge >= 0.3 is 0 Å². The van der Waals surface area contributed by atoms with E-state index in [9.17, 15) is 9.59 Å². The molecule has 3 heterocycles. The molecule has 0 saturated heterocycles. The van der Waals surface area contributed by atoms with E-state index in [1.807, 2.05) is 89.7 Å². The molecule has 2 amide bonds. The molecule has 0 radical (unpaired) electrons. The van der Waals surface area contributed by atoms with Gasteiger partial charge in [-0.05, 0) is 54.3 Å². The highest BCUT2D eigenvalue weighted by atomic mass is 32.2. The van der Waals surface area contributed by atoms with Gasteiger partial charge in [-0.25, -0.2) is 5.01 Å². The number of thioether (sulfide) groups is 1. The molecule has 0 unspecified atom stereocenters. The number of hydrogen-bond donors (Lipinski definition) is 1. The first-order valence-corrected chi connectivity index (χ1v) is 16.4. The van der Waals surface area contributed by atoms with Gasteiger partial charge in [0.05, 0.1) is 43.1 Å². The zero-order valence-electron chi connectivity index (χ0n) is 25.5. The van der Waals surface area contributed by atoms with Crippen molar-refractivity contribution in [2.24, 2.45) is 5.10 Å². The largest absolute Gasteiger partial charge is 0.493 e. The number of rotatable bonds is 11. The Morgan fingerprint density at radius 3 is 2.54 bits per heavy atom. The number of hydrogen-bond acceptors (Lipinski definition) is 9. The maximum atomic E-state index is 14.0. The lowest BCUT2D eigenvalue weighted by Gasteiger charge is -2.24. The second kappa shape index (κ2) is 14.0. The van der Waals surface area contributed by atoms with Crippen molar-refractivity contribution in [1.82, 2.24) is 25.1 Å². The Labute approximate surface area is 275 Å². The predicted octanol–water partition coefficient (Wildman–Crippen LogP) is 6.05. The van der Waals surface area contributed by atoms with Gasteiger partial charge in [-0.3, -0.25) is 14.2 Å². The van der Waals surface area contributed by atoms with Crippen molar-refractivity contribution in [2.75, 3.05) is 20.0 Å². The van der Waals surface area contributed by atoms with E-state index in [0.29, 0.717) is 34.5 Å². The molecule has 1 aliphatic rings. The van der Waals surface area contributed by atoms with E-state index in [1.54, 1.807) is 42.7 Å². The second-order valence-electron chi connectivity index (χ2n) is 10.5. The zero-order chi connectivity index (χ0) is 32.0. The minimum Gasteiger partial charge on any atom is -0.493 e. The summed E-state index contributed by atoms with van der Waals surface area (Å²) in [4.78, 5) is 27.8. The normalized spacial score (nSPS) is 14.2. The summed E-state index contributed by atoms with van der Waals surface area (Å²) in [5.74, 6) is 1.36. The minimum absolute atomic E-state index is 0.0598. The smallest absolute Gasteiger partial charge is 0.253 e. The molecule has 6 rings (SSSR count). The van der Waals surface area contributed by atoms with Crippen LogP contribution in [0, 0.1) is 6.92 Å². The molecule has 2 aromatic heterocycles. The molecule has 5 aromatic rings. The summed E-state index contributed by atoms with van der Waals surface area (Å²) in [5, 5.41) is 20.7. The lowest BCUT2D eigenvalue weighted by atomic mass is 9.99. The van der Waals surface area contributed by atoms with E-state index in [0.717, 1.165) is 27.4 Å². The number of nitrogens with one attached hydrogen (secondary N) is 1. The Morgan fingerprint density at radius 2 is 1.80 bits per heavy atom. The Morgan fingerprint density at radius 1 is 0.978 bits per heavy atom. The number of carbonyl (C=O) groups is 2. The number of benzene rings is 3. The average molecular weight is 653 g/mol. The van der Waals surface area contributed by atoms with E-state index in [1.165, 1.54) is 11.8 Å². The van der Waals surface area contributed by atoms with Crippen LogP contribution in [0.2, 0.25) is 0 Å². The molecule has 46 heavy (non-hydrogen) atoms. The summed E-state index contributed by atoms with van der Waals surface area (Å²) < 4.78 is 13.2. The quantitative estimate of drug-likeness (QED) is 0.173. The van der Waals surface area contributed by atoms with Gasteiger partial charge in [0.25, 0.3) is 11.8 Å². The lowest BCUT2D eigenvalue weighted by Crippen LogP contribution is -2.29. The molecule has 0 aliphatic carbocycles. The van der Waals surface area contributed by atoms with E-state index >= 15 is 0 Å². The molecule has 0 saturated carbocycles. The van der Waals surface area contributed by atoms with Gasteiger partial charge in [-0.1, -0.05) is 60.3 Å². The van der Waals surface area contributed by atoms with Crippen molar-refractivity contribution in [3.8, 4) is 17.2 Å². The number of nitrogens with zero attached hydrogens (tertiary/aromatic N) is 5. The van der Waals surface area contributed by atoms with Crippen LogP contribution in [0.25, 0.3) is 5.69 Å². The highest BCUT2D eigenvalue weighted by Crippen LogP contribution is 2.42. The Hall–Kier alpha value is -4.94. The molecule has 3 aromatic carbocycles. The number of aromatic nitrogens is 3. The molecule has 12 heteroatoms. The standard InChI is InChI=1S/C34H32N6O4S2/c1-22-10-7-13-24(18-22)39-30(20-35-33(42)23-11-5-4-6-12-23)36-37-34(39)46-21-31(41)40-27(19-26(38-40)29-16-9-17-45-29)25-14-8-15-28(43-2)32(25)44-3/h4-18,27H,19-21H2,1-3H3,(H,35,42)/t27-/m1/s1. The monoisotopic (exact) mass is 652 g/mol. The molecule has 0 fully saturated rings. The van der Waals surface area contributed by atoms with Crippen LogP contribution in [-0.2, 0) is 11.3 Å².